The third kappa shape index (κ3) is 1.20. The molecule has 1 aromatic rings. The van der Waals surface area contributed by atoms with Crippen molar-refractivity contribution in [1.29, 1.82) is 0 Å². The quantitative estimate of drug-likeness (QED) is 0.711. The molecule has 0 amide bonds. The Bertz CT molecular complexity index is 312. The van der Waals surface area contributed by atoms with Crippen molar-refractivity contribution >= 4 is 5.69 Å². The van der Waals surface area contributed by atoms with Crippen LogP contribution in [0.15, 0.2) is 24.5 Å². The Balaban J connectivity index is 1.86. The molecule has 0 saturated carbocycles. The van der Waals surface area contributed by atoms with Gasteiger partial charge >= 0.3 is 0 Å². The fourth-order valence-corrected chi connectivity index (χ4v) is 2.69. The topological polar surface area (TPSA) is 28.2 Å². The lowest BCUT2D eigenvalue weighted by molar-refractivity contribution is 0.578. The summed E-state index contributed by atoms with van der Waals surface area (Å²) in [6.07, 6.45) is 5.14. The van der Waals surface area contributed by atoms with E-state index in [2.05, 4.69) is 21.3 Å². The van der Waals surface area contributed by atoms with Gasteiger partial charge in [-0.05, 0) is 24.5 Å². The monoisotopic (exact) mass is 189 g/mol. The fourth-order valence-electron chi connectivity index (χ4n) is 2.69. The van der Waals surface area contributed by atoms with Crippen LogP contribution in [0.4, 0.5) is 5.69 Å². The van der Waals surface area contributed by atoms with Gasteiger partial charge in [0.05, 0.1) is 11.9 Å². The molecule has 3 nitrogen and oxygen atoms in total. The first-order valence-corrected chi connectivity index (χ1v) is 5.32. The van der Waals surface area contributed by atoms with Gasteiger partial charge in [-0.25, -0.2) is 0 Å². The van der Waals surface area contributed by atoms with Gasteiger partial charge in [-0.2, -0.15) is 0 Å². The highest BCUT2D eigenvalue weighted by Crippen LogP contribution is 2.31. The zero-order chi connectivity index (χ0) is 9.38. The lowest BCUT2D eigenvalue weighted by Crippen LogP contribution is -2.34. The summed E-state index contributed by atoms with van der Waals surface area (Å²) in [5, 5.41) is 3.46. The average Bonchev–Trinajstić information content (AvgIpc) is 2.79. The van der Waals surface area contributed by atoms with Gasteiger partial charge in [-0.15, -0.1) is 0 Å². The molecule has 0 unspecified atom stereocenters. The maximum atomic E-state index is 4.18. The first-order valence-electron chi connectivity index (χ1n) is 5.32. The molecule has 3 rings (SSSR count). The summed E-state index contributed by atoms with van der Waals surface area (Å²) < 4.78 is 0. The van der Waals surface area contributed by atoms with Crippen LogP contribution in [0.1, 0.15) is 6.42 Å². The molecule has 3 heterocycles. The van der Waals surface area contributed by atoms with Crippen molar-refractivity contribution in [3.63, 3.8) is 0 Å². The minimum absolute atomic E-state index is 0.708. The molecular formula is C11H15N3. The molecule has 2 fully saturated rings. The maximum Gasteiger partial charge on any atom is 0.0555 e. The molecule has 2 aliphatic heterocycles. The molecule has 0 aromatic carbocycles. The molecule has 2 aliphatic rings. The predicted octanol–water partition coefficient (Wildman–Crippen LogP) is 0.880. The minimum atomic E-state index is 0.708. The van der Waals surface area contributed by atoms with Gasteiger partial charge in [-0.3, -0.25) is 4.98 Å². The van der Waals surface area contributed by atoms with Crippen LogP contribution in [0.2, 0.25) is 0 Å². The molecule has 74 valence electrons. The summed E-state index contributed by atoms with van der Waals surface area (Å²) >= 11 is 0. The lowest BCUT2D eigenvalue weighted by atomic mass is 10.1. The molecule has 2 atom stereocenters. The zero-order valence-electron chi connectivity index (χ0n) is 8.19. The number of anilines is 1. The summed E-state index contributed by atoms with van der Waals surface area (Å²) in [7, 11) is 0. The number of hydrogen-bond donors (Lipinski definition) is 1. The Morgan fingerprint density at radius 3 is 3.29 bits per heavy atom. The third-order valence-corrected chi connectivity index (χ3v) is 3.42. The Kier molecular flexibility index (Phi) is 1.91. The second-order valence-corrected chi connectivity index (χ2v) is 4.18. The highest BCUT2D eigenvalue weighted by Gasteiger charge is 2.37. The zero-order valence-corrected chi connectivity index (χ0v) is 8.19. The van der Waals surface area contributed by atoms with Crippen LogP contribution in [-0.4, -0.2) is 30.7 Å². The van der Waals surface area contributed by atoms with Gasteiger partial charge in [-0.1, -0.05) is 0 Å². The van der Waals surface area contributed by atoms with Crippen molar-refractivity contribution in [3.05, 3.63) is 24.5 Å². The molecule has 0 radical (unpaired) electrons. The van der Waals surface area contributed by atoms with Gasteiger partial charge in [0.25, 0.3) is 0 Å². The van der Waals surface area contributed by atoms with E-state index in [-0.39, 0.29) is 0 Å². The Morgan fingerprint density at radius 1 is 1.43 bits per heavy atom. The van der Waals surface area contributed by atoms with E-state index in [1.165, 1.54) is 25.2 Å². The first kappa shape index (κ1) is 8.24. The molecule has 14 heavy (non-hydrogen) atoms. The van der Waals surface area contributed by atoms with Gasteiger partial charge in [0.1, 0.15) is 0 Å². The highest BCUT2D eigenvalue weighted by molar-refractivity contribution is 5.46. The highest BCUT2D eigenvalue weighted by atomic mass is 15.2. The SMILES string of the molecule is c1cncc(N2CC[C@@H]3CNC[C@@H]32)c1. The van der Waals surface area contributed by atoms with Crippen molar-refractivity contribution in [2.75, 3.05) is 24.5 Å². The van der Waals surface area contributed by atoms with Gasteiger partial charge in [0.2, 0.25) is 0 Å². The number of hydrogen-bond acceptors (Lipinski definition) is 3. The van der Waals surface area contributed by atoms with Crippen molar-refractivity contribution in [1.82, 2.24) is 10.3 Å². The molecule has 1 aromatic heterocycles. The standard InChI is InChI=1S/C11H15N3/c1-2-10(7-12-4-1)14-5-3-9-6-13-8-11(9)14/h1-2,4,7,9,11,13H,3,5-6,8H2/t9-,11+/m1/s1. The second-order valence-electron chi connectivity index (χ2n) is 4.18. The van der Waals surface area contributed by atoms with Crippen LogP contribution in [0, 0.1) is 5.92 Å². The molecule has 0 bridgehead atoms. The van der Waals surface area contributed by atoms with E-state index in [4.69, 9.17) is 0 Å². The first-order chi connectivity index (χ1) is 6.95. The van der Waals surface area contributed by atoms with E-state index in [1.807, 2.05) is 18.5 Å². The van der Waals surface area contributed by atoms with Crippen LogP contribution in [0.25, 0.3) is 0 Å². The van der Waals surface area contributed by atoms with Crippen LogP contribution in [0.5, 0.6) is 0 Å². The van der Waals surface area contributed by atoms with Crippen molar-refractivity contribution in [2.24, 2.45) is 5.92 Å². The molecule has 0 aliphatic carbocycles. The third-order valence-electron chi connectivity index (χ3n) is 3.42. The normalized spacial score (nSPS) is 30.7. The lowest BCUT2D eigenvalue weighted by Gasteiger charge is -2.25. The van der Waals surface area contributed by atoms with Crippen molar-refractivity contribution < 1.29 is 0 Å². The van der Waals surface area contributed by atoms with Crippen LogP contribution < -0.4 is 10.2 Å². The van der Waals surface area contributed by atoms with Gasteiger partial charge in [0.15, 0.2) is 0 Å². The number of pyridine rings is 1. The van der Waals surface area contributed by atoms with Crippen LogP contribution >= 0.6 is 0 Å². The summed E-state index contributed by atoms with van der Waals surface area (Å²) in [6, 6.07) is 4.89. The van der Waals surface area contributed by atoms with Crippen molar-refractivity contribution in [3.8, 4) is 0 Å². The number of fused-ring (bicyclic) bond motifs is 1. The smallest absolute Gasteiger partial charge is 0.0555 e. The molecule has 2 saturated heterocycles. The van der Waals surface area contributed by atoms with Gasteiger partial charge in [0, 0.05) is 31.9 Å². The predicted molar refractivity (Wildman–Crippen MR) is 56.3 cm³/mol. The minimum Gasteiger partial charge on any atom is -0.366 e. The molecule has 0 spiro atoms. The summed E-state index contributed by atoms with van der Waals surface area (Å²) in [5.74, 6) is 0.857. The van der Waals surface area contributed by atoms with Crippen LogP contribution in [0.3, 0.4) is 0 Å². The average molecular weight is 189 g/mol. The van der Waals surface area contributed by atoms with E-state index >= 15 is 0 Å². The van der Waals surface area contributed by atoms with Crippen molar-refractivity contribution in [2.45, 2.75) is 12.5 Å². The molecular weight excluding hydrogens is 174 g/mol. The van der Waals surface area contributed by atoms with E-state index in [9.17, 15) is 0 Å². The summed E-state index contributed by atoms with van der Waals surface area (Å²) in [6.45, 7) is 3.53. The Labute approximate surface area is 84.1 Å². The fraction of sp³-hybridized carbons (Fsp3) is 0.545. The number of aromatic nitrogens is 1. The molecule has 3 heteroatoms. The molecule has 1 N–H and O–H groups in total. The summed E-state index contributed by atoms with van der Waals surface area (Å²) in [5.41, 5.74) is 1.28. The van der Waals surface area contributed by atoms with E-state index < -0.39 is 0 Å². The number of rotatable bonds is 1. The van der Waals surface area contributed by atoms with E-state index in [1.54, 1.807) is 0 Å². The van der Waals surface area contributed by atoms with Crippen LogP contribution in [-0.2, 0) is 0 Å². The van der Waals surface area contributed by atoms with E-state index in [0.717, 1.165) is 12.5 Å². The Hall–Kier alpha value is -1.09. The number of nitrogens with one attached hydrogen (secondary N) is 1. The van der Waals surface area contributed by atoms with Gasteiger partial charge < -0.3 is 10.2 Å². The second kappa shape index (κ2) is 3.24. The van der Waals surface area contributed by atoms with E-state index in [0.29, 0.717) is 6.04 Å². The summed E-state index contributed by atoms with van der Waals surface area (Å²) in [4.78, 5) is 6.68. The maximum absolute atomic E-state index is 4.18. The number of nitrogens with zero attached hydrogens (tertiary/aromatic N) is 2. The Morgan fingerprint density at radius 2 is 2.43 bits per heavy atom. The largest absolute Gasteiger partial charge is 0.366 e.